The lowest BCUT2D eigenvalue weighted by Crippen LogP contribution is -2.06. The first-order valence-electron chi connectivity index (χ1n) is 8.57. The second-order valence-electron chi connectivity index (χ2n) is 6.29. The van der Waals surface area contributed by atoms with Crippen LogP contribution in [0, 0.1) is 0 Å². The number of aromatic nitrogens is 3. The summed E-state index contributed by atoms with van der Waals surface area (Å²) in [5.41, 5.74) is 3.85. The highest BCUT2D eigenvalue weighted by atomic mass is 16.4. The van der Waals surface area contributed by atoms with Gasteiger partial charge in [0.15, 0.2) is 11.5 Å². The standard InChI is InChI=1S/C20H18N4O3/c25-16-7-5-14(6-8-16)17-12-23-19-18(21-9-10-24(17)19)22-11-13-1-3-15(4-2-13)20(26)27/h1-7,9-10,12,16,25H,8,11H2,(H,21,22)(H,26,27). The van der Waals surface area contributed by atoms with Gasteiger partial charge in [0.05, 0.1) is 23.6 Å². The van der Waals surface area contributed by atoms with Crippen LogP contribution >= 0.6 is 0 Å². The number of aliphatic hydroxyl groups excluding tert-OH is 1. The number of aliphatic hydroxyl groups is 1. The summed E-state index contributed by atoms with van der Waals surface area (Å²) in [5.74, 6) is -0.295. The number of anilines is 1. The number of hydrogen-bond donors (Lipinski definition) is 3. The number of imidazole rings is 1. The molecule has 0 saturated heterocycles. The highest BCUT2D eigenvalue weighted by molar-refractivity contribution is 5.87. The highest BCUT2D eigenvalue weighted by Crippen LogP contribution is 2.24. The summed E-state index contributed by atoms with van der Waals surface area (Å²) in [7, 11) is 0. The van der Waals surface area contributed by atoms with Crippen molar-refractivity contribution in [2.24, 2.45) is 0 Å². The summed E-state index contributed by atoms with van der Waals surface area (Å²) in [4.78, 5) is 19.8. The second kappa shape index (κ2) is 7.05. The van der Waals surface area contributed by atoms with E-state index in [9.17, 15) is 9.90 Å². The number of allylic oxidation sites excluding steroid dienone is 2. The van der Waals surface area contributed by atoms with E-state index < -0.39 is 12.1 Å². The van der Waals surface area contributed by atoms with Crippen LogP contribution < -0.4 is 5.32 Å². The maximum atomic E-state index is 10.9. The quantitative estimate of drug-likeness (QED) is 0.645. The van der Waals surface area contributed by atoms with Gasteiger partial charge in [-0.15, -0.1) is 0 Å². The van der Waals surface area contributed by atoms with Gasteiger partial charge in [0.25, 0.3) is 0 Å². The SMILES string of the molecule is O=C(O)c1ccc(CNc2nccn3c(C4=CCC(O)C=C4)cnc23)cc1. The third-order valence-corrected chi connectivity index (χ3v) is 4.46. The van der Waals surface area contributed by atoms with Gasteiger partial charge >= 0.3 is 5.97 Å². The first-order valence-corrected chi connectivity index (χ1v) is 8.57. The van der Waals surface area contributed by atoms with Crippen molar-refractivity contribution in [1.82, 2.24) is 14.4 Å². The molecule has 1 aromatic carbocycles. The number of fused-ring (bicyclic) bond motifs is 1. The number of benzene rings is 1. The molecule has 0 aliphatic heterocycles. The van der Waals surface area contributed by atoms with Gasteiger partial charge in [-0.3, -0.25) is 4.40 Å². The van der Waals surface area contributed by atoms with Crippen LogP contribution in [0.5, 0.6) is 0 Å². The van der Waals surface area contributed by atoms with E-state index >= 15 is 0 Å². The zero-order valence-corrected chi connectivity index (χ0v) is 14.4. The lowest BCUT2D eigenvalue weighted by atomic mass is 10.0. The molecule has 3 aromatic rings. The van der Waals surface area contributed by atoms with Crippen LogP contribution in [0.25, 0.3) is 11.2 Å². The first kappa shape index (κ1) is 17.0. The zero-order chi connectivity index (χ0) is 18.8. The van der Waals surface area contributed by atoms with Crippen molar-refractivity contribution in [3.63, 3.8) is 0 Å². The van der Waals surface area contributed by atoms with Crippen LogP contribution in [0.1, 0.15) is 28.0 Å². The fraction of sp³-hybridized carbons (Fsp3) is 0.150. The second-order valence-corrected chi connectivity index (χ2v) is 6.29. The molecule has 1 aliphatic rings. The van der Waals surface area contributed by atoms with E-state index in [0.717, 1.165) is 16.8 Å². The summed E-state index contributed by atoms with van der Waals surface area (Å²) in [6.45, 7) is 0.504. The molecule has 136 valence electrons. The summed E-state index contributed by atoms with van der Waals surface area (Å²) < 4.78 is 1.96. The molecule has 4 rings (SSSR count). The Kier molecular flexibility index (Phi) is 4.43. The van der Waals surface area contributed by atoms with Crippen molar-refractivity contribution < 1.29 is 15.0 Å². The van der Waals surface area contributed by atoms with Crippen molar-refractivity contribution in [2.45, 2.75) is 19.1 Å². The van der Waals surface area contributed by atoms with Crippen molar-refractivity contribution in [1.29, 1.82) is 0 Å². The number of aromatic carboxylic acids is 1. The number of nitrogens with zero attached hydrogens (tertiary/aromatic N) is 3. The first-order chi connectivity index (χ1) is 13.1. The van der Waals surface area contributed by atoms with E-state index in [1.54, 1.807) is 42.7 Å². The van der Waals surface area contributed by atoms with Crippen LogP contribution in [0.3, 0.4) is 0 Å². The number of nitrogens with one attached hydrogen (secondary N) is 1. The minimum Gasteiger partial charge on any atom is -0.478 e. The lowest BCUT2D eigenvalue weighted by Gasteiger charge is -2.11. The Labute approximate surface area is 155 Å². The summed E-state index contributed by atoms with van der Waals surface area (Å²) in [6, 6.07) is 6.71. The Hall–Kier alpha value is -3.45. The molecule has 0 amide bonds. The largest absolute Gasteiger partial charge is 0.478 e. The Morgan fingerprint density at radius 3 is 2.78 bits per heavy atom. The number of rotatable bonds is 5. The predicted molar refractivity (Wildman–Crippen MR) is 101 cm³/mol. The zero-order valence-electron chi connectivity index (χ0n) is 14.4. The monoisotopic (exact) mass is 362 g/mol. The Balaban J connectivity index is 1.56. The van der Waals surface area contributed by atoms with Crippen LogP contribution in [-0.2, 0) is 6.54 Å². The summed E-state index contributed by atoms with van der Waals surface area (Å²) in [6.07, 6.45) is 11.2. The van der Waals surface area contributed by atoms with E-state index in [4.69, 9.17) is 5.11 Å². The maximum Gasteiger partial charge on any atom is 0.335 e. The van der Waals surface area contributed by atoms with Gasteiger partial charge < -0.3 is 15.5 Å². The molecule has 0 saturated carbocycles. The van der Waals surface area contributed by atoms with Crippen LogP contribution in [0.2, 0.25) is 0 Å². The van der Waals surface area contributed by atoms with E-state index in [1.807, 2.05) is 22.7 Å². The third-order valence-electron chi connectivity index (χ3n) is 4.46. The normalized spacial score (nSPS) is 16.3. The topological polar surface area (TPSA) is 99.8 Å². The molecular weight excluding hydrogens is 344 g/mol. The Morgan fingerprint density at radius 1 is 1.26 bits per heavy atom. The Morgan fingerprint density at radius 2 is 2.07 bits per heavy atom. The lowest BCUT2D eigenvalue weighted by molar-refractivity contribution is 0.0697. The minimum absolute atomic E-state index is 0.260. The van der Waals surface area contributed by atoms with Gasteiger partial charge in [0.1, 0.15) is 0 Å². The van der Waals surface area contributed by atoms with Crippen LogP contribution in [0.15, 0.2) is 61.1 Å². The molecule has 27 heavy (non-hydrogen) atoms. The molecule has 0 spiro atoms. The Bertz CT molecular complexity index is 1050. The van der Waals surface area contributed by atoms with Crippen molar-refractivity contribution in [3.8, 4) is 0 Å². The van der Waals surface area contributed by atoms with Gasteiger partial charge in [0, 0.05) is 18.9 Å². The van der Waals surface area contributed by atoms with E-state index in [2.05, 4.69) is 15.3 Å². The molecule has 2 heterocycles. The molecule has 0 bridgehead atoms. The van der Waals surface area contributed by atoms with E-state index in [0.29, 0.717) is 24.4 Å². The van der Waals surface area contributed by atoms with Gasteiger partial charge in [-0.25, -0.2) is 14.8 Å². The molecule has 0 fully saturated rings. The summed E-state index contributed by atoms with van der Waals surface area (Å²) >= 11 is 0. The van der Waals surface area contributed by atoms with Crippen molar-refractivity contribution >= 4 is 23.0 Å². The smallest absolute Gasteiger partial charge is 0.335 e. The van der Waals surface area contributed by atoms with Crippen LogP contribution in [-0.4, -0.2) is 36.7 Å². The summed E-state index contributed by atoms with van der Waals surface area (Å²) in [5, 5.41) is 21.8. The molecule has 0 radical (unpaired) electrons. The van der Waals surface area contributed by atoms with Crippen molar-refractivity contribution in [2.75, 3.05) is 5.32 Å². The average Bonchev–Trinajstić information content (AvgIpc) is 3.12. The average molecular weight is 362 g/mol. The number of carboxylic acid groups (broad SMARTS) is 1. The predicted octanol–water partition coefficient (Wildman–Crippen LogP) is 2.74. The molecule has 1 atom stereocenters. The molecular formula is C20H18N4O3. The fourth-order valence-corrected chi connectivity index (χ4v) is 3.01. The molecule has 1 unspecified atom stereocenters. The van der Waals surface area contributed by atoms with E-state index in [-0.39, 0.29) is 5.56 Å². The number of carbonyl (C=O) groups is 1. The molecule has 1 aliphatic carbocycles. The highest BCUT2D eigenvalue weighted by Gasteiger charge is 2.13. The molecule has 7 nitrogen and oxygen atoms in total. The molecule has 7 heteroatoms. The number of hydrogen-bond acceptors (Lipinski definition) is 5. The van der Waals surface area contributed by atoms with E-state index in [1.165, 1.54) is 0 Å². The number of carboxylic acids is 1. The van der Waals surface area contributed by atoms with Crippen molar-refractivity contribution in [3.05, 3.63) is 77.9 Å². The molecule has 3 N–H and O–H groups in total. The minimum atomic E-state index is -0.940. The van der Waals surface area contributed by atoms with Gasteiger partial charge in [-0.2, -0.15) is 0 Å². The van der Waals surface area contributed by atoms with Crippen LogP contribution in [0.4, 0.5) is 5.82 Å². The van der Waals surface area contributed by atoms with Gasteiger partial charge in [-0.05, 0) is 29.7 Å². The van der Waals surface area contributed by atoms with Gasteiger partial charge in [0.2, 0.25) is 0 Å². The fourth-order valence-electron chi connectivity index (χ4n) is 3.01. The van der Waals surface area contributed by atoms with Gasteiger partial charge in [-0.1, -0.05) is 30.4 Å². The molecule has 2 aromatic heterocycles. The maximum absolute atomic E-state index is 10.9. The third kappa shape index (κ3) is 3.45.